The summed E-state index contributed by atoms with van der Waals surface area (Å²) >= 11 is 11.8. The van der Waals surface area contributed by atoms with E-state index in [1.54, 1.807) is 19.1 Å². The maximum atomic E-state index is 11.7. The predicted molar refractivity (Wildman–Crippen MR) is 67.0 cm³/mol. The van der Waals surface area contributed by atoms with Gasteiger partial charge in [0.2, 0.25) is 0 Å². The number of benzene rings is 1. The lowest BCUT2D eigenvalue weighted by Gasteiger charge is -2.06. The van der Waals surface area contributed by atoms with Crippen LogP contribution < -0.4 is 0 Å². The van der Waals surface area contributed by atoms with Gasteiger partial charge in [0.25, 0.3) is 5.24 Å². The smallest absolute Gasteiger partial charge is 0.252 e. The standard InChI is InChI=1S/C10H7Br2ClO2/c1-5(11)9(14)7-4-6(10(13)15)2-3-8(7)12/h2-5H,1H3. The van der Waals surface area contributed by atoms with Crippen LogP contribution in [0.1, 0.15) is 27.6 Å². The van der Waals surface area contributed by atoms with Crippen molar-refractivity contribution in [3.63, 3.8) is 0 Å². The summed E-state index contributed by atoms with van der Waals surface area (Å²) in [5.41, 5.74) is 0.766. The van der Waals surface area contributed by atoms with E-state index in [2.05, 4.69) is 31.9 Å². The molecular weight excluding hydrogens is 347 g/mol. The Hall–Kier alpha value is -0.190. The largest absolute Gasteiger partial charge is 0.293 e. The molecule has 1 rings (SSSR count). The molecule has 0 heterocycles. The van der Waals surface area contributed by atoms with Crippen LogP contribution in [0.2, 0.25) is 0 Å². The average molecular weight is 354 g/mol. The molecule has 1 aromatic carbocycles. The normalized spacial score (nSPS) is 12.3. The minimum absolute atomic E-state index is 0.0957. The molecule has 0 fully saturated rings. The van der Waals surface area contributed by atoms with E-state index in [1.165, 1.54) is 6.07 Å². The molecule has 5 heteroatoms. The summed E-state index contributed by atoms with van der Waals surface area (Å²) in [6.07, 6.45) is 0. The molecular formula is C10H7Br2ClO2. The maximum Gasteiger partial charge on any atom is 0.252 e. The van der Waals surface area contributed by atoms with Gasteiger partial charge in [-0.25, -0.2) is 0 Å². The van der Waals surface area contributed by atoms with Gasteiger partial charge in [0, 0.05) is 15.6 Å². The fourth-order valence-corrected chi connectivity index (χ4v) is 1.86. The van der Waals surface area contributed by atoms with Crippen molar-refractivity contribution >= 4 is 54.5 Å². The van der Waals surface area contributed by atoms with E-state index < -0.39 is 5.24 Å². The second-order valence-corrected chi connectivity index (χ2v) is 5.52. The Kier molecular flexibility index (Phi) is 4.49. The van der Waals surface area contributed by atoms with Crippen LogP contribution in [0.25, 0.3) is 0 Å². The lowest BCUT2D eigenvalue weighted by molar-refractivity contribution is 0.0995. The molecule has 0 saturated heterocycles. The molecule has 15 heavy (non-hydrogen) atoms. The van der Waals surface area contributed by atoms with Gasteiger partial charge in [-0.15, -0.1) is 0 Å². The van der Waals surface area contributed by atoms with Crippen LogP contribution in [0.5, 0.6) is 0 Å². The summed E-state index contributed by atoms with van der Waals surface area (Å²) < 4.78 is 0.653. The summed E-state index contributed by atoms with van der Waals surface area (Å²) in [7, 11) is 0. The van der Waals surface area contributed by atoms with Crippen molar-refractivity contribution in [2.24, 2.45) is 0 Å². The zero-order valence-electron chi connectivity index (χ0n) is 7.76. The minimum atomic E-state index is -0.571. The van der Waals surface area contributed by atoms with Crippen LogP contribution >= 0.6 is 43.5 Å². The molecule has 1 atom stereocenters. The monoisotopic (exact) mass is 352 g/mol. The molecule has 0 amide bonds. The SMILES string of the molecule is CC(Br)C(=O)c1cc(C(=O)Cl)ccc1Br. The third-order valence-corrected chi connectivity index (χ3v) is 3.15. The van der Waals surface area contributed by atoms with E-state index in [1.807, 2.05) is 0 Å². The zero-order chi connectivity index (χ0) is 11.6. The summed E-state index contributed by atoms with van der Waals surface area (Å²) in [4.78, 5) is 22.3. The number of hydrogen-bond acceptors (Lipinski definition) is 2. The minimum Gasteiger partial charge on any atom is -0.293 e. The highest BCUT2D eigenvalue weighted by Crippen LogP contribution is 2.22. The van der Waals surface area contributed by atoms with Crippen molar-refractivity contribution < 1.29 is 9.59 Å². The lowest BCUT2D eigenvalue weighted by atomic mass is 10.1. The number of Topliss-reactive ketones (excluding diaryl/α,β-unsaturated/α-hetero) is 1. The van der Waals surface area contributed by atoms with Crippen molar-refractivity contribution in [1.82, 2.24) is 0 Å². The van der Waals surface area contributed by atoms with Crippen LogP contribution in [-0.4, -0.2) is 15.9 Å². The third kappa shape index (κ3) is 3.13. The molecule has 1 aromatic rings. The van der Waals surface area contributed by atoms with Gasteiger partial charge < -0.3 is 0 Å². The zero-order valence-corrected chi connectivity index (χ0v) is 11.7. The molecule has 0 bridgehead atoms. The molecule has 0 aliphatic heterocycles. The molecule has 80 valence electrons. The highest BCUT2D eigenvalue weighted by atomic mass is 79.9. The predicted octanol–water partition coefficient (Wildman–Crippen LogP) is 3.79. The van der Waals surface area contributed by atoms with Gasteiger partial charge in [0.05, 0.1) is 4.83 Å². The van der Waals surface area contributed by atoms with Gasteiger partial charge in [-0.3, -0.25) is 9.59 Å². The van der Waals surface area contributed by atoms with Gasteiger partial charge in [-0.05, 0) is 36.7 Å². The maximum absolute atomic E-state index is 11.7. The second kappa shape index (κ2) is 5.23. The number of rotatable bonds is 3. The van der Waals surface area contributed by atoms with E-state index in [0.717, 1.165) is 0 Å². The highest BCUT2D eigenvalue weighted by Gasteiger charge is 2.16. The van der Waals surface area contributed by atoms with Crippen molar-refractivity contribution in [2.45, 2.75) is 11.8 Å². The van der Waals surface area contributed by atoms with E-state index >= 15 is 0 Å². The first-order chi connectivity index (χ1) is 6.93. The van der Waals surface area contributed by atoms with E-state index in [-0.39, 0.29) is 10.6 Å². The Bertz CT molecular complexity index is 416. The molecule has 0 spiro atoms. The van der Waals surface area contributed by atoms with Crippen LogP contribution in [0, 0.1) is 0 Å². The lowest BCUT2D eigenvalue weighted by Crippen LogP contribution is -2.11. The average Bonchev–Trinajstić information content (AvgIpc) is 2.16. The molecule has 2 nitrogen and oxygen atoms in total. The Labute approximate surface area is 109 Å². The number of halogens is 3. The van der Waals surface area contributed by atoms with Crippen molar-refractivity contribution in [2.75, 3.05) is 0 Å². The first-order valence-corrected chi connectivity index (χ1v) is 6.20. The van der Waals surface area contributed by atoms with Crippen molar-refractivity contribution in [1.29, 1.82) is 0 Å². The Morgan fingerprint density at radius 2 is 2.00 bits per heavy atom. The van der Waals surface area contributed by atoms with Gasteiger partial charge in [0.1, 0.15) is 0 Å². The number of ketones is 1. The first kappa shape index (κ1) is 12.9. The van der Waals surface area contributed by atoms with Crippen molar-refractivity contribution in [3.8, 4) is 0 Å². The summed E-state index contributed by atoms with van der Waals surface area (Å²) in [6, 6.07) is 4.69. The van der Waals surface area contributed by atoms with E-state index in [9.17, 15) is 9.59 Å². The molecule has 1 unspecified atom stereocenters. The summed E-state index contributed by atoms with van der Waals surface area (Å²) in [5, 5.41) is -0.571. The number of hydrogen-bond donors (Lipinski definition) is 0. The number of alkyl halides is 1. The molecule has 0 saturated carbocycles. The Morgan fingerprint density at radius 1 is 1.40 bits per heavy atom. The summed E-state index contributed by atoms with van der Waals surface area (Å²) in [5.74, 6) is -0.0957. The highest BCUT2D eigenvalue weighted by molar-refractivity contribution is 9.10. The van der Waals surface area contributed by atoms with Crippen LogP contribution in [0.3, 0.4) is 0 Å². The molecule has 0 aliphatic carbocycles. The summed E-state index contributed by atoms with van der Waals surface area (Å²) in [6.45, 7) is 1.73. The Balaban J connectivity index is 3.22. The van der Waals surface area contributed by atoms with E-state index in [0.29, 0.717) is 15.6 Å². The van der Waals surface area contributed by atoms with Gasteiger partial charge in [-0.2, -0.15) is 0 Å². The van der Waals surface area contributed by atoms with Gasteiger partial charge >= 0.3 is 0 Å². The van der Waals surface area contributed by atoms with Gasteiger partial charge in [0.15, 0.2) is 5.78 Å². The Morgan fingerprint density at radius 3 is 2.47 bits per heavy atom. The topological polar surface area (TPSA) is 34.1 Å². The number of carbonyl (C=O) groups is 2. The quantitative estimate of drug-likeness (QED) is 0.470. The first-order valence-electron chi connectivity index (χ1n) is 4.11. The molecule has 0 radical (unpaired) electrons. The molecule has 0 aromatic heterocycles. The van der Waals surface area contributed by atoms with Crippen LogP contribution in [-0.2, 0) is 0 Å². The van der Waals surface area contributed by atoms with Crippen LogP contribution in [0.4, 0.5) is 0 Å². The molecule has 0 N–H and O–H groups in total. The fraction of sp³-hybridized carbons (Fsp3) is 0.200. The fourth-order valence-electron chi connectivity index (χ4n) is 1.05. The molecule has 0 aliphatic rings. The third-order valence-electron chi connectivity index (χ3n) is 1.82. The second-order valence-electron chi connectivity index (χ2n) is 2.95. The van der Waals surface area contributed by atoms with Crippen molar-refractivity contribution in [3.05, 3.63) is 33.8 Å². The number of carbonyl (C=O) groups excluding carboxylic acids is 2. The van der Waals surface area contributed by atoms with Crippen LogP contribution in [0.15, 0.2) is 22.7 Å². The van der Waals surface area contributed by atoms with Gasteiger partial charge in [-0.1, -0.05) is 31.9 Å². The van der Waals surface area contributed by atoms with E-state index in [4.69, 9.17) is 11.6 Å².